The molecule has 0 saturated heterocycles. The lowest BCUT2D eigenvalue weighted by Gasteiger charge is -2.22. The summed E-state index contributed by atoms with van der Waals surface area (Å²) >= 11 is 0. The van der Waals surface area contributed by atoms with Crippen LogP contribution in [0.25, 0.3) is 0 Å². The summed E-state index contributed by atoms with van der Waals surface area (Å²) in [7, 11) is 0. The highest BCUT2D eigenvalue weighted by molar-refractivity contribution is 5.70. The van der Waals surface area contributed by atoms with Crippen LogP contribution in [0.15, 0.2) is 30.3 Å². The Bertz CT molecular complexity index is 504. The zero-order chi connectivity index (χ0) is 20.7. The SMILES string of the molecule is CCCCCCCCCCC[C@H](CC(=O)OC(C)(C)C)OCc1ccccc1. The summed E-state index contributed by atoms with van der Waals surface area (Å²) in [5.41, 5.74) is 0.697. The van der Waals surface area contributed by atoms with Gasteiger partial charge in [0.1, 0.15) is 5.60 Å². The molecule has 0 bridgehead atoms. The Hall–Kier alpha value is -1.35. The molecule has 0 aromatic heterocycles. The minimum Gasteiger partial charge on any atom is -0.460 e. The highest BCUT2D eigenvalue weighted by Crippen LogP contribution is 2.18. The quantitative estimate of drug-likeness (QED) is 0.234. The molecule has 0 amide bonds. The minimum absolute atomic E-state index is 0.0698. The first kappa shape index (κ1) is 24.7. The van der Waals surface area contributed by atoms with Crippen molar-refractivity contribution in [2.24, 2.45) is 0 Å². The lowest BCUT2D eigenvalue weighted by atomic mass is 10.0. The van der Waals surface area contributed by atoms with Crippen LogP contribution in [-0.2, 0) is 20.9 Å². The van der Waals surface area contributed by atoms with Gasteiger partial charge in [-0.25, -0.2) is 0 Å². The largest absolute Gasteiger partial charge is 0.460 e. The van der Waals surface area contributed by atoms with Crippen molar-refractivity contribution in [3.63, 3.8) is 0 Å². The lowest BCUT2D eigenvalue weighted by Crippen LogP contribution is -2.27. The van der Waals surface area contributed by atoms with Crippen molar-refractivity contribution < 1.29 is 14.3 Å². The summed E-state index contributed by atoms with van der Waals surface area (Å²) in [6, 6.07) is 10.2. The van der Waals surface area contributed by atoms with E-state index < -0.39 is 5.60 Å². The Morgan fingerprint density at radius 3 is 2.04 bits per heavy atom. The maximum atomic E-state index is 12.2. The number of carbonyl (C=O) groups excluding carboxylic acids is 1. The predicted molar refractivity (Wildman–Crippen MR) is 117 cm³/mol. The van der Waals surface area contributed by atoms with Crippen molar-refractivity contribution in [3.8, 4) is 0 Å². The molecule has 0 saturated carbocycles. The Kier molecular flexibility index (Phi) is 12.9. The highest BCUT2D eigenvalue weighted by atomic mass is 16.6. The van der Waals surface area contributed by atoms with Crippen molar-refractivity contribution >= 4 is 5.97 Å². The van der Waals surface area contributed by atoms with E-state index in [2.05, 4.69) is 19.1 Å². The fourth-order valence-corrected chi connectivity index (χ4v) is 3.28. The van der Waals surface area contributed by atoms with Gasteiger partial charge < -0.3 is 9.47 Å². The predicted octanol–water partition coefficient (Wildman–Crippen LogP) is 7.22. The second-order valence-electron chi connectivity index (χ2n) is 8.83. The normalized spacial score (nSPS) is 12.7. The molecule has 3 nitrogen and oxygen atoms in total. The minimum atomic E-state index is -0.446. The number of benzene rings is 1. The van der Waals surface area contributed by atoms with Gasteiger partial charge in [0.25, 0.3) is 0 Å². The lowest BCUT2D eigenvalue weighted by molar-refractivity contribution is -0.158. The van der Waals surface area contributed by atoms with Crippen molar-refractivity contribution in [1.82, 2.24) is 0 Å². The molecule has 0 unspecified atom stereocenters. The van der Waals surface area contributed by atoms with Crippen LogP contribution in [0.1, 0.15) is 104 Å². The Balaban J connectivity index is 2.32. The number of ether oxygens (including phenoxy) is 2. The third kappa shape index (κ3) is 13.8. The molecule has 0 radical (unpaired) electrons. The van der Waals surface area contributed by atoms with Crippen LogP contribution in [0.2, 0.25) is 0 Å². The van der Waals surface area contributed by atoms with E-state index in [-0.39, 0.29) is 12.1 Å². The van der Waals surface area contributed by atoms with E-state index in [1.807, 2.05) is 39.0 Å². The van der Waals surface area contributed by atoms with Gasteiger partial charge in [-0.1, -0.05) is 95.0 Å². The number of carbonyl (C=O) groups is 1. The molecule has 0 fully saturated rings. The number of rotatable bonds is 15. The van der Waals surface area contributed by atoms with Crippen molar-refractivity contribution in [3.05, 3.63) is 35.9 Å². The first-order valence-electron chi connectivity index (χ1n) is 11.3. The second kappa shape index (κ2) is 14.6. The van der Waals surface area contributed by atoms with Crippen LogP contribution in [0.5, 0.6) is 0 Å². The summed E-state index contributed by atoms with van der Waals surface area (Å²) in [4.78, 5) is 12.2. The van der Waals surface area contributed by atoms with Gasteiger partial charge in [0.2, 0.25) is 0 Å². The molecule has 1 aromatic carbocycles. The monoisotopic (exact) mass is 390 g/mol. The molecule has 0 heterocycles. The molecule has 3 heteroatoms. The van der Waals surface area contributed by atoms with Gasteiger partial charge >= 0.3 is 5.97 Å². The zero-order valence-corrected chi connectivity index (χ0v) is 18.7. The van der Waals surface area contributed by atoms with Crippen LogP contribution in [-0.4, -0.2) is 17.7 Å². The van der Waals surface area contributed by atoms with Gasteiger partial charge in [0.15, 0.2) is 0 Å². The zero-order valence-electron chi connectivity index (χ0n) is 18.7. The summed E-state index contributed by atoms with van der Waals surface area (Å²) < 4.78 is 11.6. The summed E-state index contributed by atoms with van der Waals surface area (Å²) in [6.45, 7) is 8.53. The van der Waals surface area contributed by atoms with Crippen LogP contribution in [0.4, 0.5) is 0 Å². The first-order chi connectivity index (χ1) is 13.4. The molecule has 0 aliphatic carbocycles. The second-order valence-corrected chi connectivity index (χ2v) is 8.83. The molecule has 1 rings (SSSR count). The van der Waals surface area contributed by atoms with Crippen molar-refractivity contribution in [2.45, 2.75) is 117 Å². The van der Waals surface area contributed by atoms with E-state index in [1.165, 1.54) is 51.4 Å². The Labute approximate surface area is 173 Å². The average molecular weight is 391 g/mol. The van der Waals surface area contributed by atoms with E-state index in [1.54, 1.807) is 0 Å². The fourth-order valence-electron chi connectivity index (χ4n) is 3.28. The number of hydrogen-bond acceptors (Lipinski definition) is 3. The Morgan fingerprint density at radius 1 is 0.893 bits per heavy atom. The van der Waals surface area contributed by atoms with Gasteiger partial charge in [-0.2, -0.15) is 0 Å². The van der Waals surface area contributed by atoms with Crippen LogP contribution in [0.3, 0.4) is 0 Å². The molecular formula is C25H42O3. The molecule has 28 heavy (non-hydrogen) atoms. The number of unbranched alkanes of at least 4 members (excludes halogenated alkanes) is 8. The molecule has 0 N–H and O–H groups in total. The Morgan fingerprint density at radius 2 is 1.46 bits per heavy atom. The summed E-state index contributed by atoms with van der Waals surface area (Å²) in [5.74, 6) is -0.165. The molecule has 0 aliphatic heterocycles. The van der Waals surface area contributed by atoms with Crippen LogP contribution >= 0.6 is 0 Å². The molecular weight excluding hydrogens is 348 g/mol. The van der Waals surface area contributed by atoms with Gasteiger partial charge in [-0.15, -0.1) is 0 Å². The van der Waals surface area contributed by atoms with Crippen molar-refractivity contribution in [2.75, 3.05) is 0 Å². The summed E-state index contributed by atoms with van der Waals surface area (Å²) in [5, 5.41) is 0. The van der Waals surface area contributed by atoms with Crippen LogP contribution in [0, 0.1) is 0 Å². The third-order valence-corrected chi connectivity index (χ3v) is 4.77. The summed E-state index contributed by atoms with van der Waals surface area (Å²) in [6.07, 6.45) is 12.9. The van der Waals surface area contributed by atoms with Gasteiger partial charge in [0, 0.05) is 0 Å². The van der Waals surface area contributed by atoms with Gasteiger partial charge in [0.05, 0.1) is 19.1 Å². The third-order valence-electron chi connectivity index (χ3n) is 4.77. The molecule has 1 aromatic rings. The van der Waals surface area contributed by atoms with E-state index in [0.29, 0.717) is 13.0 Å². The van der Waals surface area contributed by atoms with Crippen LogP contribution < -0.4 is 0 Å². The molecule has 0 aliphatic rings. The van der Waals surface area contributed by atoms with Crippen molar-refractivity contribution in [1.29, 1.82) is 0 Å². The average Bonchev–Trinajstić information content (AvgIpc) is 2.64. The maximum Gasteiger partial charge on any atom is 0.308 e. The smallest absolute Gasteiger partial charge is 0.308 e. The topological polar surface area (TPSA) is 35.5 Å². The molecule has 1 atom stereocenters. The molecule has 0 spiro atoms. The standard InChI is InChI=1S/C25H42O3/c1-5-6-7-8-9-10-11-12-16-19-23(20-24(26)28-25(2,3)4)27-21-22-17-14-13-15-18-22/h13-15,17-18,23H,5-12,16,19-21H2,1-4H3/t23-/m1/s1. The fraction of sp³-hybridized carbons (Fsp3) is 0.720. The van der Waals surface area contributed by atoms with E-state index >= 15 is 0 Å². The van der Waals surface area contributed by atoms with Gasteiger partial charge in [-0.05, 0) is 32.8 Å². The van der Waals surface area contributed by atoms with E-state index in [9.17, 15) is 4.79 Å². The van der Waals surface area contributed by atoms with E-state index in [4.69, 9.17) is 9.47 Å². The first-order valence-corrected chi connectivity index (χ1v) is 11.3. The van der Waals surface area contributed by atoms with Gasteiger partial charge in [-0.3, -0.25) is 4.79 Å². The maximum absolute atomic E-state index is 12.2. The number of esters is 1. The highest BCUT2D eigenvalue weighted by Gasteiger charge is 2.21. The number of hydrogen-bond donors (Lipinski definition) is 0. The molecule has 160 valence electrons. The van der Waals surface area contributed by atoms with E-state index in [0.717, 1.165) is 18.4 Å².